The Morgan fingerprint density at radius 1 is 1.17 bits per heavy atom. The van der Waals surface area contributed by atoms with E-state index in [1.807, 2.05) is 44.2 Å². The van der Waals surface area contributed by atoms with Gasteiger partial charge in [0.1, 0.15) is 5.82 Å². The number of aromatic nitrogens is 3. The fraction of sp³-hybridized carbons (Fsp3) is 0.308. The van der Waals surface area contributed by atoms with E-state index >= 15 is 0 Å². The van der Waals surface area contributed by atoms with E-state index in [2.05, 4.69) is 4.37 Å². The molecule has 2 aromatic carbocycles. The van der Waals surface area contributed by atoms with Crippen molar-refractivity contribution in [3.05, 3.63) is 91.6 Å². The molecule has 4 aromatic rings. The molecule has 0 saturated heterocycles. The van der Waals surface area contributed by atoms with Gasteiger partial charge in [-0.1, -0.05) is 66.5 Å². The molecule has 0 saturated carbocycles. The first kappa shape index (κ1) is 26.3. The van der Waals surface area contributed by atoms with Crippen molar-refractivity contribution in [2.24, 2.45) is 5.73 Å². The largest absolute Gasteiger partial charge is 0.330 e. The van der Waals surface area contributed by atoms with Gasteiger partial charge in [0, 0.05) is 6.54 Å². The molecule has 0 aliphatic heterocycles. The number of carbonyl (C=O) groups excluding carboxylic acids is 1. The first-order chi connectivity index (χ1) is 17.4. The summed E-state index contributed by atoms with van der Waals surface area (Å²) in [5, 5.41) is 1.00. The lowest BCUT2D eigenvalue weighted by molar-refractivity contribution is 0.0656. The Morgan fingerprint density at radius 2 is 1.92 bits per heavy atom. The van der Waals surface area contributed by atoms with Crippen LogP contribution in [0.25, 0.3) is 10.2 Å². The number of halogens is 2. The molecule has 2 N–H and O–H groups in total. The molecule has 0 unspecified atom stereocenters. The normalized spacial score (nSPS) is 12.1. The third-order valence-electron chi connectivity index (χ3n) is 6.09. The fourth-order valence-electron chi connectivity index (χ4n) is 4.28. The molecule has 2 heterocycles. The van der Waals surface area contributed by atoms with Gasteiger partial charge < -0.3 is 10.6 Å². The van der Waals surface area contributed by atoms with Crippen LogP contribution in [0.5, 0.6) is 0 Å². The van der Waals surface area contributed by atoms with Crippen LogP contribution in [-0.2, 0) is 6.54 Å². The van der Waals surface area contributed by atoms with E-state index in [1.54, 1.807) is 27.7 Å². The Bertz CT molecular complexity index is 1440. The summed E-state index contributed by atoms with van der Waals surface area (Å²) in [6.45, 7) is 4.87. The van der Waals surface area contributed by atoms with Gasteiger partial charge in [-0.25, -0.2) is 4.98 Å². The number of hydrogen-bond acceptors (Lipinski definition) is 6. The number of nitrogens with zero attached hydrogens (tertiary/aromatic N) is 4. The smallest absolute Gasteiger partial charge is 0.264 e. The first-order valence-corrected chi connectivity index (χ1v) is 13.3. The average molecular weight is 545 g/mol. The number of aryl methyl sites for hydroxylation is 1. The second-order valence-electron chi connectivity index (χ2n) is 8.46. The molecule has 188 valence electrons. The zero-order valence-electron chi connectivity index (χ0n) is 20.1. The maximum atomic E-state index is 13.8. The highest BCUT2D eigenvalue weighted by Gasteiger charge is 2.31. The molecule has 4 rings (SSSR count). The van der Waals surface area contributed by atoms with E-state index in [-0.39, 0.29) is 16.5 Å². The van der Waals surface area contributed by atoms with E-state index in [0.717, 1.165) is 5.56 Å². The third-order valence-corrected chi connectivity index (χ3v) is 7.74. The molecule has 2 aromatic heterocycles. The molecule has 0 aliphatic rings. The van der Waals surface area contributed by atoms with Crippen LogP contribution in [-0.4, -0.2) is 37.8 Å². The zero-order valence-corrected chi connectivity index (χ0v) is 22.4. The third kappa shape index (κ3) is 5.18. The minimum atomic E-state index is -0.498. The van der Waals surface area contributed by atoms with Crippen molar-refractivity contribution in [2.75, 3.05) is 13.1 Å². The Balaban J connectivity index is 1.89. The Morgan fingerprint density at radius 3 is 2.61 bits per heavy atom. The summed E-state index contributed by atoms with van der Waals surface area (Å²) in [6.07, 6.45) is 1.10. The van der Waals surface area contributed by atoms with Crippen LogP contribution in [0.15, 0.2) is 53.3 Å². The van der Waals surface area contributed by atoms with Crippen molar-refractivity contribution in [2.45, 2.75) is 39.3 Å². The summed E-state index contributed by atoms with van der Waals surface area (Å²) < 4.78 is 6.03. The molecule has 0 spiro atoms. The topological polar surface area (TPSA) is 94.1 Å². The number of carbonyl (C=O) groups is 1. The molecule has 1 amide bonds. The molecule has 7 nitrogen and oxygen atoms in total. The summed E-state index contributed by atoms with van der Waals surface area (Å²) in [5.74, 6) is 0.218. The highest BCUT2D eigenvalue weighted by molar-refractivity contribution is 7.12. The summed E-state index contributed by atoms with van der Waals surface area (Å²) in [7, 11) is 0. The lowest BCUT2D eigenvalue weighted by Gasteiger charge is -2.32. The molecule has 0 radical (unpaired) electrons. The molecule has 10 heteroatoms. The van der Waals surface area contributed by atoms with Gasteiger partial charge in [-0.15, -0.1) is 0 Å². The van der Waals surface area contributed by atoms with Gasteiger partial charge in [0.25, 0.3) is 11.5 Å². The lowest BCUT2D eigenvalue weighted by atomic mass is 10.1. The van der Waals surface area contributed by atoms with Crippen LogP contribution in [0.3, 0.4) is 0 Å². The summed E-state index contributed by atoms with van der Waals surface area (Å²) in [4.78, 5) is 34.8. The number of nitrogens with two attached hydrogens (primary N) is 1. The Labute approximate surface area is 223 Å². The van der Waals surface area contributed by atoms with Crippen LogP contribution < -0.4 is 11.3 Å². The van der Waals surface area contributed by atoms with E-state index in [4.69, 9.17) is 33.9 Å². The predicted octanol–water partition coefficient (Wildman–Crippen LogP) is 5.46. The van der Waals surface area contributed by atoms with Crippen LogP contribution >= 0.6 is 34.7 Å². The standard InChI is InChI=1S/C26H27Cl2N5O2S/c1-3-20(32(14-8-13-29)25(34)18-11-7-12-19(27)22(18)28)23-30-24-21(16(2)31-36-24)26(35)33(23)15-17-9-5-4-6-10-17/h4-7,9-12,20H,3,8,13-15,29H2,1-2H3/t20-/m1/s1. The van der Waals surface area contributed by atoms with Gasteiger partial charge in [-0.2, -0.15) is 4.37 Å². The van der Waals surface area contributed by atoms with E-state index in [0.29, 0.717) is 64.8 Å². The molecular weight excluding hydrogens is 517 g/mol. The van der Waals surface area contributed by atoms with Crippen molar-refractivity contribution >= 4 is 50.9 Å². The predicted molar refractivity (Wildman–Crippen MR) is 146 cm³/mol. The zero-order chi connectivity index (χ0) is 25.8. The Kier molecular flexibility index (Phi) is 8.41. The molecular formula is C26H27Cl2N5O2S. The second kappa shape index (κ2) is 11.5. The fourth-order valence-corrected chi connectivity index (χ4v) is 5.44. The molecule has 0 bridgehead atoms. The van der Waals surface area contributed by atoms with Crippen LogP contribution in [0, 0.1) is 6.92 Å². The minimum absolute atomic E-state index is 0.171. The lowest BCUT2D eigenvalue weighted by Crippen LogP contribution is -2.40. The summed E-state index contributed by atoms with van der Waals surface area (Å²) in [5.41, 5.74) is 7.55. The van der Waals surface area contributed by atoms with Crippen molar-refractivity contribution < 1.29 is 4.79 Å². The number of hydrogen-bond donors (Lipinski definition) is 1. The van der Waals surface area contributed by atoms with Crippen molar-refractivity contribution in [1.29, 1.82) is 0 Å². The van der Waals surface area contributed by atoms with Gasteiger partial charge in [0.05, 0.1) is 39.3 Å². The van der Waals surface area contributed by atoms with Crippen molar-refractivity contribution in [3.63, 3.8) is 0 Å². The van der Waals surface area contributed by atoms with Crippen LogP contribution in [0.2, 0.25) is 10.0 Å². The molecule has 36 heavy (non-hydrogen) atoms. The first-order valence-electron chi connectivity index (χ1n) is 11.7. The second-order valence-corrected chi connectivity index (χ2v) is 10.00. The van der Waals surface area contributed by atoms with Gasteiger partial charge >= 0.3 is 0 Å². The molecule has 1 atom stereocenters. The minimum Gasteiger partial charge on any atom is -0.330 e. The van der Waals surface area contributed by atoms with E-state index < -0.39 is 6.04 Å². The number of amides is 1. The van der Waals surface area contributed by atoms with Crippen molar-refractivity contribution in [1.82, 2.24) is 18.8 Å². The van der Waals surface area contributed by atoms with Gasteiger partial charge in [-0.05, 0) is 55.5 Å². The Hall–Kier alpha value is -2.78. The molecule has 0 fully saturated rings. The van der Waals surface area contributed by atoms with Gasteiger partial charge in [0.15, 0.2) is 4.83 Å². The summed E-state index contributed by atoms with van der Waals surface area (Å²) >= 11 is 13.8. The summed E-state index contributed by atoms with van der Waals surface area (Å²) in [6, 6.07) is 14.2. The van der Waals surface area contributed by atoms with E-state index in [1.165, 1.54) is 11.5 Å². The number of benzene rings is 2. The van der Waals surface area contributed by atoms with Crippen LogP contribution in [0.4, 0.5) is 0 Å². The average Bonchev–Trinajstić information content (AvgIpc) is 3.26. The number of fused-ring (bicyclic) bond motifs is 1. The highest BCUT2D eigenvalue weighted by atomic mass is 35.5. The monoisotopic (exact) mass is 543 g/mol. The maximum absolute atomic E-state index is 13.8. The van der Waals surface area contributed by atoms with Crippen LogP contribution in [0.1, 0.15) is 53.2 Å². The number of rotatable bonds is 9. The van der Waals surface area contributed by atoms with Gasteiger partial charge in [0.2, 0.25) is 0 Å². The quantitative estimate of drug-likeness (QED) is 0.302. The highest BCUT2D eigenvalue weighted by Crippen LogP contribution is 2.31. The van der Waals surface area contributed by atoms with E-state index in [9.17, 15) is 9.59 Å². The SMILES string of the molecule is CC[C@H](c1nc2snc(C)c2c(=O)n1Cc1ccccc1)N(CCCN)C(=O)c1cccc(Cl)c1Cl. The molecule has 0 aliphatic carbocycles. The maximum Gasteiger partial charge on any atom is 0.264 e. The van der Waals surface area contributed by atoms with Gasteiger partial charge in [-0.3, -0.25) is 14.2 Å². The van der Waals surface area contributed by atoms with Crippen molar-refractivity contribution in [3.8, 4) is 0 Å².